The number of alkyl halides is 3. The number of halogens is 3. The van der Waals surface area contributed by atoms with Gasteiger partial charge in [-0.05, 0) is 30.2 Å². The van der Waals surface area contributed by atoms with Gasteiger partial charge >= 0.3 is 6.18 Å². The number of benzene rings is 1. The van der Waals surface area contributed by atoms with E-state index in [0.29, 0.717) is 24.7 Å². The van der Waals surface area contributed by atoms with E-state index in [2.05, 4.69) is 20.3 Å². The molecule has 3 N–H and O–H groups in total. The molecule has 1 aromatic carbocycles. The van der Waals surface area contributed by atoms with Crippen LogP contribution >= 0.6 is 22.7 Å². The number of nitrogens with one attached hydrogen (secondary N) is 1. The van der Waals surface area contributed by atoms with Crippen LogP contribution in [0.1, 0.15) is 16.8 Å². The summed E-state index contributed by atoms with van der Waals surface area (Å²) in [6.45, 7) is 0.767. The standard InChI is InChI=1S/C21H20F3N5OS2/c1-30-11-16-18(19-28-15-6-7-26-10-17(15)31-19)32-20(29-16)27-9-14(25)8-12-2-4-13(5-3-12)21(22,23)24/h2-7,10,14H,8-9,11,25H2,1H3,(H,27,29)/t14-/m0/s1. The highest BCUT2D eigenvalue weighted by Gasteiger charge is 2.30. The van der Waals surface area contributed by atoms with Gasteiger partial charge in [-0.25, -0.2) is 9.97 Å². The lowest BCUT2D eigenvalue weighted by atomic mass is 10.0. The molecule has 0 spiro atoms. The maximum atomic E-state index is 12.7. The number of nitrogens with two attached hydrogens (primary N) is 1. The second-order valence-corrected chi connectivity index (χ2v) is 9.16. The number of ether oxygens (including phenoxy) is 1. The maximum Gasteiger partial charge on any atom is 0.416 e. The van der Waals surface area contributed by atoms with Gasteiger partial charge in [0.1, 0.15) is 5.01 Å². The zero-order valence-corrected chi connectivity index (χ0v) is 18.7. The van der Waals surface area contributed by atoms with Crippen LogP contribution in [-0.2, 0) is 23.9 Å². The minimum absolute atomic E-state index is 0.293. The monoisotopic (exact) mass is 479 g/mol. The van der Waals surface area contributed by atoms with Crippen molar-refractivity contribution in [2.75, 3.05) is 19.0 Å². The summed E-state index contributed by atoms with van der Waals surface area (Å²) in [7, 11) is 1.61. The molecule has 0 aliphatic rings. The third kappa shape index (κ3) is 5.23. The molecule has 0 aliphatic carbocycles. The fraction of sp³-hybridized carbons (Fsp3) is 0.286. The second-order valence-electron chi connectivity index (χ2n) is 7.13. The number of aromatic nitrogens is 3. The van der Waals surface area contributed by atoms with Crippen LogP contribution in [0.2, 0.25) is 0 Å². The van der Waals surface area contributed by atoms with Crippen LogP contribution in [0.5, 0.6) is 0 Å². The Balaban J connectivity index is 1.43. The number of anilines is 1. The largest absolute Gasteiger partial charge is 0.416 e. The van der Waals surface area contributed by atoms with Gasteiger partial charge in [-0.3, -0.25) is 4.98 Å². The van der Waals surface area contributed by atoms with Crippen LogP contribution in [-0.4, -0.2) is 34.6 Å². The predicted octanol–water partition coefficient (Wildman–Crippen LogP) is 4.96. The summed E-state index contributed by atoms with van der Waals surface area (Å²) in [5.41, 5.74) is 7.93. The van der Waals surface area contributed by atoms with Crippen LogP contribution in [0.25, 0.3) is 20.1 Å². The van der Waals surface area contributed by atoms with Crippen LogP contribution < -0.4 is 11.1 Å². The molecule has 3 aromatic heterocycles. The molecule has 11 heteroatoms. The summed E-state index contributed by atoms with van der Waals surface area (Å²) < 4.78 is 44.4. The third-order valence-electron chi connectivity index (χ3n) is 4.66. The predicted molar refractivity (Wildman–Crippen MR) is 121 cm³/mol. The van der Waals surface area contributed by atoms with E-state index in [1.165, 1.54) is 23.5 Å². The van der Waals surface area contributed by atoms with Crippen LogP contribution in [0.3, 0.4) is 0 Å². The van der Waals surface area contributed by atoms with Gasteiger partial charge in [0.2, 0.25) is 0 Å². The first-order chi connectivity index (χ1) is 15.3. The van der Waals surface area contributed by atoms with E-state index in [-0.39, 0.29) is 6.04 Å². The van der Waals surface area contributed by atoms with Crippen LogP contribution in [0, 0.1) is 0 Å². The third-order valence-corrected chi connectivity index (χ3v) is 6.87. The number of pyridine rings is 1. The van der Waals surface area contributed by atoms with Crippen LogP contribution in [0.4, 0.5) is 18.3 Å². The molecule has 3 heterocycles. The van der Waals surface area contributed by atoms with Gasteiger partial charge in [0.05, 0.1) is 33.0 Å². The zero-order chi connectivity index (χ0) is 22.7. The molecular formula is C21H20F3N5OS2. The van der Waals surface area contributed by atoms with Crippen molar-refractivity contribution in [3.8, 4) is 9.88 Å². The van der Waals surface area contributed by atoms with E-state index < -0.39 is 11.7 Å². The number of hydrogen-bond donors (Lipinski definition) is 2. The fourth-order valence-electron chi connectivity index (χ4n) is 3.13. The zero-order valence-electron chi connectivity index (χ0n) is 17.0. The lowest BCUT2D eigenvalue weighted by molar-refractivity contribution is -0.137. The van der Waals surface area contributed by atoms with Crippen molar-refractivity contribution in [3.63, 3.8) is 0 Å². The maximum absolute atomic E-state index is 12.7. The van der Waals surface area contributed by atoms with Crippen molar-refractivity contribution >= 4 is 38.0 Å². The van der Waals surface area contributed by atoms with Crippen molar-refractivity contribution in [2.24, 2.45) is 5.73 Å². The summed E-state index contributed by atoms with van der Waals surface area (Å²) in [6.07, 6.45) is -0.407. The molecule has 32 heavy (non-hydrogen) atoms. The lowest BCUT2D eigenvalue weighted by Gasteiger charge is -2.13. The van der Waals surface area contributed by atoms with E-state index in [9.17, 15) is 13.2 Å². The van der Waals surface area contributed by atoms with Gasteiger partial charge < -0.3 is 15.8 Å². The van der Waals surface area contributed by atoms with Gasteiger partial charge in [0.15, 0.2) is 5.13 Å². The highest BCUT2D eigenvalue weighted by Crippen LogP contribution is 2.38. The molecule has 6 nitrogen and oxygen atoms in total. The van der Waals surface area contributed by atoms with Gasteiger partial charge in [-0.2, -0.15) is 13.2 Å². The molecule has 168 valence electrons. The van der Waals surface area contributed by atoms with E-state index >= 15 is 0 Å². The van der Waals surface area contributed by atoms with Crippen molar-refractivity contribution in [1.29, 1.82) is 0 Å². The SMILES string of the molecule is COCc1nc(NC[C@@H](N)Cc2ccc(C(F)(F)F)cc2)sc1-c1nc2ccncc2s1. The molecule has 0 amide bonds. The quantitative estimate of drug-likeness (QED) is 0.371. The highest BCUT2D eigenvalue weighted by atomic mass is 32.1. The molecule has 0 unspecified atom stereocenters. The van der Waals surface area contributed by atoms with Crippen LogP contribution in [0.15, 0.2) is 42.7 Å². The van der Waals surface area contributed by atoms with Gasteiger partial charge in [0.25, 0.3) is 0 Å². The molecule has 0 fully saturated rings. The van der Waals surface area contributed by atoms with Gasteiger partial charge in [0, 0.05) is 32.1 Å². The Bertz CT molecular complexity index is 1160. The topological polar surface area (TPSA) is 86.0 Å². The second kappa shape index (κ2) is 9.49. The van der Waals surface area contributed by atoms with E-state index in [0.717, 1.165) is 43.5 Å². The van der Waals surface area contributed by atoms with Crippen molar-refractivity contribution in [1.82, 2.24) is 15.0 Å². The molecule has 0 bridgehead atoms. The summed E-state index contributed by atoms with van der Waals surface area (Å²) in [4.78, 5) is 14.4. The number of thiazole rings is 2. The molecular weight excluding hydrogens is 459 g/mol. The van der Waals surface area contributed by atoms with E-state index in [4.69, 9.17) is 10.5 Å². The Morgan fingerprint density at radius 2 is 1.91 bits per heavy atom. The molecule has 0 saturated heterocycles. The minimum Gasteiger partial charge on any atom is -0.378 e. The van der Waals surface area contributed by atoms with Gasteiger partial charge in [-0.1, -0.05) is 23.5 Å². The Labute approximate surface area is 190 Å². The van der Waals surface area contributed by atoms with E-state index in [1.54, 1.807) is 30.8 Å². The Kier molecular flexibility index (Phi) is 6.70. The number of methoxy groups -OCH3 is 1. The first-order valence-electron chi connectivity index (χ1n) is 9.68. The number of hydrogen-bond acceptors (Lipinski definition) is 8. The highest BCUT2D eigenvalue weighted by molar-refractivity contribution is 7.26. The van der Waals surface area contributed by atoms with Gasteiger partial charge in [-0.15, -0.1) is 11.3 Å². The smallest absolute Gasteiger partial charge is 0.378 e. The molecule has 1 atom stereocenters. The Hall–Kier alpha value is -2.60. The van der Waals surface area contributed by atoms with Crippen molar-refractivity contribution < 1.29 is 17.9 Å². The number of rotatable bonds is 8. The summed E-state index contributed by atoms with van der Waals surface area (Å²) in [5, 5.41) is 4.77. The molecule has 0 radical (unpaired) electrons. The summed E-state index contributed by atoms with van der Waals surface area (Å²) in [5.74, 6) is 0. The first kappa shape index (κ1) is 22.6. The van der Waals surface area contributed by atoms with Crippen molar-refractivity contribution in [2.45, 2.75) is 25.2 Å². The minimum atomic E-state index is -4.34. The molecule has 4 rings (SSSR count). The normalized spacial score (nSPS) is 12.9. The molecule has 4 aromatic rings. The average Bonchev–Trinajstić information content (AvgIpc) is 3.36. The number of nitrogens with zero attached hydrogens (tertiary/aromatic N) is 3. The fourth-order valence-corrected chi connectivity index (χ4v) is 5.13. The van der Waals surface area contributed by atoms with Crippen molar-refractivity contribution in [3.05, 3.63) is 59.5 Å². The Morgan fingerprint density at radius 1 is 1.12 bits per heavy atom. The Morgan fingerprint density at radius 3 is 2.59 bits per heavy atom. The lowest BCUT2D eigenvalue weighted by Crippen LogP contribution is -2.31. The molecule has 0 saturated carbocycles. The van der Waals surface area contributed by atoms with E-state index in [1.807, 2.05) is 6.07 Å². The summed E-state index contributed by atoms with van der Waals surface area (Å²) >= 11 is 3.01. The average molecular weight is 480 g/mol. The summed E-state index contributed by atoms with van der Waals surface area (Å²) in [6, 6.07) is 6.65. The first-order valence-corrected chi connectivity index (χ1v) is 11.3. The number of fused-ring (bicyclic) bond motifs is 1. The molecule has 0 aliphatic heterocycles.